The van der Waals surface area contributed by atoms with Crippen molar-refractivity contribution in [2.24, 2.45) is 11.3 Å². The lowest BCUT2D eigenvalue weighted by molar-refractivity contribution is -0.141. The van der Waals surface area contributed by atoms with Crippen molar-refractivity contribution in [1.82, 2.24) is 4.98 Å². The number of hydrogen-bond acceptors (Lipinski definition) is 5. The van der Waals surface area contributed by atoms with E-state index in [1.165, 1.54) is 24.3 Å². The van der Waals surface area contributed by atoms with Crippen LogP contribution >= 0.6 is 0 Å². The molecule has 216 valence electrons. The molecule has 1 heterocycles. The van der Waals surface area contributed by atoms with Crippen molar-refractivity contribution in [1.29, 1.82) is 0 Å². The SMILES string of the molecule is CC(O)(CCOc1ccc(-c2cc(COc3cc4c(cn3)[C@H]3[C@H]5C4[C@@]53C(=O)O)c(F)cc2C(F)(F)F)cc1)C(F)F. The molecule has 0 radical (unpaired) electrons. The highest BCUT2D eigenvalue weighted by atomic mass is 19.4. The molecule has 7 rings (SSSR count). The maximum Gasteiger partial charge on any atom is 0.417 e. The second-order valence-corrected chi connectivity index (χ2v) is 10.9. The first kappa shape index (κ1) is 27.4. The van der Waals surface area contributed by atoms with E-state index in [4.69, 9.17) is 9.47 Å². The first-order valence-corrected chi connectivity index (χ1v) is 12.8. The van der Waals surface area contributed by atoms with E-state index < -0.39 is 47.6 Å². The summed E-state index contributed by atoms with van der Waals surface area (Å²) in [7, 11) is 0. The number of nitrogens with zero attached hydrogens (tertiary/aromatic N) is 1. The van der Waals surface area contributed by atoms with Crippen molar-refractivity contribution in [3.63, 3.8) is 0 Å². The lowest BCUT2D eigenvalue weighted by Gasteiger charge is -2.22. The third-order valence-corrected chi connectivity index (χ3v) is 8.44. The Kier molecular flexibility index (Phi) is 6.08. The molecule has 2 N–H and O–H groups in total. The van der Waals surface area contributed by atoms with E-state index in [-0.39, 0.29) is 59.1 Å². The molecular formula is C29H23F6NO5. The van der Waals surface area contributed by atoms with E-state index >= 15 is 0 Å². The van der Waals surface area contributed by atoms with Gasteiger partial charge in [0.1, 0.15) is 23.8 Å². The van der Waals surface area contributed by atoms with Crippen LogP contribution in [-0.4, -0.2) is 39.8 Å². The molecule has 1 aromatic heterocycles. The van der Waals surface area contributed by atoms with Gasteiger partial charge in [0, 0.05) is 36.1 Å². The minimum atomic E-state index is -4.86. The van der Waals surface area contributed by atoms with Gasteiger partial charge in [-0.2, -0.15) is 13.2 Å². The minimum absolute atomic E-state index is 0.0410. The van der Waals surface area contributed by atoms with Crippen molar-refractivity contribution >= 4 is 5.97 Å². The third-order valence-electron chi connectivity index (χ3n) is 8.44. The highest BCUT2D eigenvalue weighted by molar-refractivity contribution is 5.93. The molecule has 4 aliphatic carbocycles. The van der Waals surface area contributed by atoms with Gasteiger partial charge in [-0.05, 0) is 59.4 Å². The van der Waals surface area contributed by atoms with Gasteiger partial charge >= 0.3 is 12.1 Å². The number of aliphatic carboxylic acids is 1. The molecule has 5 atom stereocenters. The van der Waals surface area contributed by atoms with E-state index in [9.17, 15) is 41.4 Å². The van der Waals surface area contributed by atoms with Crippen LogP contribution in [0.25, 0.3) is 11.1 Å². The fourth-order valence-corrected chi connectivity index (χ4v) is 6.09. The van der Waals surface area contributed by atoms with E-state index in [0.717, 1.165) is 24.1 Å². The monoisotopic (exact) mass is 579 g/mol. The molecule has 12 heteroatoms. The van der Waals surface area contributed by atoms with Crippen LogP contribution in [0.5, 0.6) is 11.6 Å². The Morgan fingerprint density at radius 2 is 1.76 bits per heavy atom. The Labute approximate surface area is 229 Å². The van der Waals surface area contributed by atoms with Crippen LogP contribution in [0.15, 0.2) is 48.7 Å². The number of carboxylic acids is 1. The average Bonchev–Trinajstić information content (AvgIpc) is 3.70. The molecule has 2 bridgehead atoms. The Morgan fingerprint density at radius 3 is 2.37 bits per heavy atom. The van der Waals surface area contributed by atoms with Crippen molar-refractivity contribution in [3.05, 3.63) is 76.7 Å². The van der Waals surface area contributed by atoms with Gasteiger partial charge in [-0.1, -0.05) is 12.1 Å². The summed E-state index contributed by atoms with van der Waals surface area (Å²) in [5.74, 6) is -1.72. The predicted molar refractivity (Wildman–Crippen MR) is 131 cm³/mol. The number of rotatable bonds is 10. The smallest absolute Gasteiger partial charge is 0.417 e. The Bertz CT molecular complexity index is 1540. The topological polar surface area (TPSA) is 88.9 Å². The van der Waals surface area contributed by atoms with Gasteiger partial charge in [0.25, 0.3) is 6.43 Å². The highest BCUT2D eigenvalue weighted by Gasteiger charge is 2.95. The van der Waals surface area contributed by atoms with Crippen molar-refractivity contribution in [2.75, 3.05) is 6.61 Å². The molecule has 2 aromatic carbocycles. The van der Waals surface area contributed by atoms with E-state index in [2.05, 4.69) is 4.98 Å². The van der Waals surface area contributed by atoms with Gasteiger partial charge in [0.2, 0.25) is 5.88 Å². The summed E-state index contributed by atoms with van der Waals surface area (Å²) in [5, 5.41) is 19.2. The fourth-order valence-electron chi connectivity index (χ4n) is 6.09. The summed E-state index contributed by atoms with van der Waals surface area (Å²) in [5.41, 5.74) is -2.83. The Morgan fingerprint density at radius 1 is 1.07 bits per heavy atom. The lowest BCUT2D eigenvalue weighted by Crippen LogP contribution is -2.35. The molecular weight excluding hydrogens is 556 g/mol. The number of ether oxygens (including phenoxy) is 2. The molecule has 0 aliphatic heterocycles. The van der Waals surface area contributed by atoms with Crippen molar-refractivity contribution < 1.29 is 50.8 Å². The maximum atomic E-state index is 14.8. The largest absolute Gasteiger partial charge is 0.493 e. The number of alkyl halides is 5. The molecule has 0 amide bonds. The van der Waals surface area contributed by atoms with Gasteiger partial charge in [-0.25, -0.2) is 18.2 Å². The third kappa shape index (κ3) is 4.30. The van der Waals surface area contributed by atoms with Crippen molar-refractivity contribution in [3.8, 4) is 22.8 Å². The van der Waals surface area contributed by atoms with Crippen LogP contribution < -0.4 is 9.47 Å². The van der Waals surface area contributed by atoms with Crippen LogP contribution in [0, 0.1) is 17.2 Å². The van der Waals surface area contributed by atoms with Crippen LogP contribution in [0.2, 0.25) is 0 Å². The zero-order valence-electron chi connectivity index (χ0n) is 21.4. The summed E-state index contributed by atoms with van der Waals surface area (Å²) < 4.78 is 92.8. The molecule has 0 spiro atoms. The molecule has 3 aromatic rings. The zero-order chi connectivity index (χ0) is 29.5. The summed E-state index contributed by atoms with van der Waals surface area (Å²) in [6.07, 6.45) is -6.66. The van der Waals surface area contributed by atoms with Crippen LogP contribution in [-0.2, 0) is 17.6 Å². The Hall–Kier alpha value is -3.80. The summed E-state index contributed by atoms with van der Waals surface area (Å²) in [4.78, 5) is 15.8. The van der Waals surface area contributed by atoms with Crippen LogP contribution in [0.1, 0.15) is 47.4 Å². The van der Waals surface area contributed by atoms with Gasteiger partial charge in [0.15, 0.2) is 0 Å². The lowest BCUT2D eigenvalue weighted by atomic mass is 9.96. The highest BCUT2D eigenvalue weighted by Crippen LogP contribution is 2.96. The number of aromatic nitrogens is 1. The molecule has 6 nitrogen and oxygen atoms in total. The van der Waals surface area contributed by atoms with E-state index in [1.54, 1.807) is 12.3 Å². The minimum Gasteiger partial charge on any atom is -0.493 e. The first-order chi connectivity index (χ1) is 19.3. The van der Waals surface area contributed by atoms with E-state index in [0.29, 0.717) is 6.07 Å². The van der Waals surface area contributed by atoms with Gasteiger partial charge in [-0.15, -0.1) is 0 Å². The average molecular weight is 579 g/mol. The number of carboxylic acid groups (broad SMARTS) is 1. The molecule has 4 aliphatic rings. The number of benzene rings is 2. The summed E-state index contributed by atoms with van der Waals surface area (Å²) in [6.45, 7) is 0.297. The van der Waals surface area contributed by atoms with Crippen LogP contribution in [0.3, 0.4) is 0 Å². The summed E-state index contributed by atoms with van der Waals surface area (Å²) >= 11 is 0. The standard InChI is InChI=1S/C29H23F6NO5/c1-27(39,25(31)32)6-7-40-15-4-2-13(3-5-15)16-8-14(20(30)10-19(16)29(33,34)35)12-41-21-9-17-18(11-36-21)23-24-22(17)28(23,24)26(37)38/h2-5,8-11,22-25,39H,6-7,12H2,1H3,(H,37,38)/t22?,23-,24+,27?,28-/m0/s1. The van der Waals surface area contributed by atoms with Gasteiger partial charge in [-0.3, -0.25) is 4.79 Å². The molecule has 41 heavy (non-hydrogen) atoms. The number of aliphatic hydroxyl groups is 1. The fraction of sp³-hybridized carbons (Fsp3) is 0.379. The number of halogens is 6. The first-order valence-electron chi connectivity index (χ1n) is 12.8. The summed E-state index contributed by atoms with van der Waals surface area (Å²) in [6, 6.07) is 8.39. The number of carbonyl (C=O) groups is 1. The van der Waals surface area contributed by atoms with E-state index in [1.807, 2.05) is 0 Å². The van der Waals surface area contributed by atoms with Crippen molar-refractivity contribution in [2.45, 2.75) is 50.0 Å². The normalized spacial score (nSPS) is 24.9. The Balaban J connectivity index is 1.19. The molecule has 0 saturated heterocycles. The molecule has 2 unspecified atom stereocenters. The quantitative estimate of drug-likeness (QED) is 0.280. The number of pyridine rings is 1. The zero-order valence-corrected chi connectivity index (χ0v) is 21.4. The second kappa shape index (κ2) is 9.10. The molecule has 2 fully saturated rings. The maximum absolute atomic E-state index is 14.8. The molecule has 2 saturated carbocycles. The van der Waals surface area contributed by atoms with Gasteiger partial charge in [0.05, 0.1) is 17.6 Å². The van der Waals surface area contributed by atoms with Crippen LogP contribution in [0.4, 0.5) is 26.3 Å². The number of hydrogen-bond donors (Lipinski definition) is 2. The predicted octanol–water partition coefficient (Wildman–Crippen LogP) is 6.17. The van der Waals surface area contributed by atoms with Gasteiger partial charge < -0.3 is 19.7 Å². The second-order valence-electron chi connectivity index (χ2n) is 10.9.